The molecule has 0 aliphatic carbocycles. The van der Waals surface area contributed by atoms with E-state index >= 15 is 0 Å². The summed E-state index contributed by atoms with van der Waals surface area (Å²) >= 11 is 6.56. The molecule has 29 heavy (non-hydrogen) atoms. The van der Waals surface area contributed by atoms with E-state index in [4.69, 9.17) is 17.0 Å². The average Bonchev–Trinajstić information content (AvgIpc) is 3.33. The summed E-state index contributed by atoms with van der Waals surface area (Å²) in [6, 6.07) is 6.71. The van der Waals surface area contributed by atoms with Crippen LogP contribution in [0.2, 0.25) is 0 Å². The van der Waals surface area contributed by atoms with Crippen LogP contribution in [0.5, 0.6) is 5.75 Å². The van der Waals surface area contributed by atoms with E-state index in [2.05, 4.69) is 10.3 Å². The Morgan fingerprint density at radius 3 is 2.79 bits per heavy atom. The van der Waals surface area contributed by atoms with Crippen LogP contribution in [0.15, 0.2) is 47.9 Å². The fraction of sp³-hybridized carbons (Fsp3) is 0.300. The van der Waals surface area contributed by atoms with Gasteiger partial charge in [0.05, 0.1) is 18.3 Å². The van der Waals surface area contributed by atoms with Crippen LogP contribution in [0.25, 0.3) is 6.08 Å². The highest BCUT2D eigenvalue weighted by molar-refractivity contribution is 8.26. The highest BCUT2D eigenvalue weighted by Crippen LogP contribution is 2.34. The molecule has 2 amide bonds. The summed E-state index contributed by atoms with van der Waals surface area (Å²) in [4.78, 5) is 31.2. The van der Waals surface area contributed by atoms with Crippen molar-refractivity contribution in [2.24, 2.45) is 0 Å². The topological polar surface area (TPSA) is 76.5 Å². The summed E-state index contributed by atoms with van der Waals surface area (Å²) in [5, 5.41) is 2.87. The molecule has 1 aliphatic heterocycles. The van der Waals surface area contributed by atoms with E-state index in [1.165, 1.54) is 16.7 Å². The molecule has 3 rings (SSSR count). The molecule has 1 saturated heterocycles. The molecule has 1 aromatic heterocycles. The van der Waals surface area contributed by atoms with Gasteiger partial charge in [0.1, 0.15) is 16.1 Å². The lowest BCUT2D eigenvalue weighted by molar-refractivity contribution is -0.132. The van der Waals surface area contributed by atoms with Crippen LogP contribution in [0, 0.1) is 0 Å². The van der Waals surface area contributed by atoms with Crippen LogP contribution in [-0.4, -0.2) is 50.3 Å². The van der Waals surface area contributed by atoms with Crippen molar-refractivity contribution in [3.05, 3.63) is 53.5 Å². The molecule has 1 aliphatic rings. The second kappa shape index (κ2) is 9.71. The summed E-state index contributed by atoms with van der Waals surface area (Å²) in [6.07, 6.45) is 7.87. The third-order valence-electron chi connectivity index (χ3n) is 4.46. The Bertz CT molecular complexity index is 910. The number of carbonyl (C=O) groups is 2. The molecule has 7 nitrogen and oxygen atoms in total. The molecule has 1 aromatic carbocycles. The number of thioether (sulfide) groups is 1. The van der Waals surface area contributed by atoms with E-state index in [9.17, 15) is 9.59 Å². The van der Waals surface area contributed by atoms with Crippen LogP contribution in [0.1, 0.15) is 18.9 Å². The molecule has 1 atom stereocenters. The van der Waals surface area contributed by atoms with Gasteiger partial charge in [0, 0.05) is 25.5 Å². The minimum Gasteiger partial charge on any atom is -0.497 e. The first-order valence-electron chi connectivity index (χ1n) is 9.14. The Hall–Kier alpha value is -2.65. The van der Waals surface area contributed by atoms with E-state index < -0.39 is 6.04 Å². The van der Waals surface area contributed by atoms with Gasteiger partial charge in [-0.15, -0.1) is 0 Å². The molecule has 9 heteroatoms. The normalized spacial score (nSPS) is 16.3. The minimum atomic E-state index is -0.669. The maximum absolute atomic E-state index is 12.8. The van der Waals surface area contributed by atoms with Gasteiger partial charge in [0.25, 0.3) is 5.91 Å². The number of hydrogen-bond acceptors (Lipinski definition) is 6. The van der Waals surface area contributed by atoms with Crippen molar-refractivity contribution in [1.29, 1.82) is 0 Å². The molecule has 2 heterocycles. The number of nitrogens with one attached hydrogen (secondary N) is 1. The van der Waals surface area contributed by atoms with Gasteiger partial charge in [0.2, 0.25) is 5.91 Å². The monoisotopic (exact) mass is 430 g/mol. The second-order valence-electron chi connectivity index (χ2n) is 6.45. The fourth-order valence-corrected chi connectivity index (χ4v) is 4.24. The van der Waals surface area contributed by atoms with Gasteiger partial charge >= 0.3 is 0 Å². The Morgan fingerprint density at radius 2 is 2.14 bits per heavy atom. The minimum absolute atomic E-state index is 0.224. The number of hydrogen-bond donors (Lipinski definition) is 1. The van der Waals surface area contributed by atoms with Gasteiger partial charge in [-0.1, -0.05) is 36.1 Å². The number of methoxy groups -OCH3 is 1. The third-order valence-corrected chi connectivity index (χ3v) is 5.79. The van der Waals surface area contributed by atoms with Gasteiger partial charge in [-0.3, -0.25) is 14.5 Å². The Balaban J connectivity index is 1.57. The second-order valence-corrected chi connectivity index (χ2v) is 8.12. The Kier molecular flexibility index (Phi) is 7.05. The SMILES string of the molecule is COc1ccc(/C=C2\SC(=S)N([C@H](C)C(=O)NCCCn3ccnc3)C2=O)cc1. The number of imidazole rings is 1. The number of nitrogens with zero attached hydrogens (tertiary/aromatic N) is 3. The Morgan fingerprint density at radius 1 is 1.38 bits per heavy atom. The van der Waals surface area contributed by atoms with Crippen molar-refractivity contribution < 1.29 is 14.3 Å². The lowest BCUT2D eigenvalue weighted by atomic mass is 10.2. The molecule has 2 aromatic rings. The van der Waals surface area contributed by atoms with E-state index in [0.717, 1.165) is 24.3 Å². The number of aromatic nitrogens is 2. The van der Waals surface area contributed by atoms with Crippen molar-refractivity contribution in [3.63, 3.8) is 0 Å². The zero-order valence-corrected chi connectivity index (χ0v) is 17.8. The van der Waals surface area contributed by atoms with E-state index in [0.29, 0.717) is 15.8 Å². The Labute approximate surface area is 179 Å². The largest absolute Gasteiger partial charge is 0.497 e. The van der Waals surface area contributed by atoms with Gasteiger partial charge in [0.15, 0.2) is 0 Å². The highest BCUT2D eigenvalue weighted by Gasteiger charge is 2.38. The van der Waals surface area contributed by atoms with Gasteiger partial charge in [-0.25, -0.2) is 4.98 Å². The number of carbonyl (C=O) groups excluding carboxylic acids is 2. The standard InChI is InChI=1S/C20H22N4O3S2/c1-14(18(25)22-8-3-10-23-11-9-21-13-23)24-19(26)17(29-20(24)28)12-15-4-6-16(27-2)7-5-15/h4-7,9,11-14H,3,8,10H2,1-2H3,(H,22,25)/b17-12-/t14-/m1/s1. The summed E-state index contributed by atoms with van der Waals surface area (Å²) in [6.45, 7) is 2.96. The number of amides is 2. The maximum atomic E-state index is 12.8. The summed E-state index contributed by atoms with van der Waals surface area (Å²) in [5.74, 6) is 0.266. The molecule has 152 valence electrons. The number of aryl methyl sites for hydroxylation is 1. The smallest absolute Gasteiger partial charge is 0.266 e. The molecule has 0 unspecified atom stereocenters. The first kappa shape index (κ1) is 21.1. The van der Waals surface area contributed by atoms with Crippen LogP contribution < -0.4 is 10.1 Å². The van der Waals surface area contributed by atoms with Crippen molar-refractivity contribution in [2.45, 2.75) is 25.9 Å². The third kappa shape index (κ3) is 5.24. The molecule has 0 saturated carbocycles. The average molecular weight is 431 g/mol. The van der Waals surface area contributed by atoms with E-state index in [1.54, 1.807) is 32.6 Å². The molecular formula is C20H22N4O3S2. The molecule has 0 bridgehead atoms. The van der Waals surface area contributed by atoms with Crippen LogP contribution in [-0.2, 0) is 16.1 Å². The number of thiocarbonyl (C=S) groups is 1. The molecule has 0 spiro atoms. The quantitative estimate of drug-likeness (QED) is 0.394. The first-order valence-corrected chi connectivity index (χ1v) is 10.4. The lowest BCUT2D eigenvalue weighted by Gasteiger charge is -2.22. The molecular weight excluding hydrogens is 408 g/mol. The summed E-state index contributed by atoms with van der Waals surface area (Å²) < 4.78 is 7.47. The maximum Gasteiger partial charge on any atom is 0.266 e. The fourth-order valence-electron chi connectivity index (χ4n) is 2.82. The number of rotatable bonds is 8. The van der Waals surface area contributed by atoms with Gasteiger partial charge in [-0.2, -0.15) is 0 Å². The number of benzene rings is 1. The van der Waals surface area contributed by atoms with E-state index in [1.807, 2.05) is 35.0 Å². The zero-order chi connectivity index (χ0) is 20.8. The van der Waals surface area contributed by atoms with Crippen LogP contribution in [0.4, 0.5) is 0 Å². The van der Waals surface area contributed by atoms with Crippen molar-refractivity contribution >= 4 is 46.2 Å². The number of ether oxygens (including phenoxy) is 1. The predicted molar refractivity (Wildman–Crippen MR) is 117 cm³/mol. The van der Waals surface area contributed by atoms with Crippen molar-refractivity contribution in [2.75, 3.05) is 13.7 Å². The zero-order valence-electron chi connectivity index (χ0n) is 16.2. The summed E-state index contributed by atoms with van der Waals surface area (Å²) in [7, 11) is 1.60. The predicted octanol–water partition coefficient (Wildman–Crippen LogP) is 2.69. The summed E-state index contributed by atoms with van der Waals surface area (Å²) in [5.41, 5.74) is 0.864. The van der Waals surface area contributed by atoms with Crippen LogP contribution >= 0.6 is 24.0 Å². The van der Waals surface area contributed by atoms with Crippen LogP contribution in [0.3, 0.4) is 0 Å². The highest BCUT2D eigenvalue weighted by atomic mass is 32.2. The molecule has 1 N–H and O–H groups in total. The van der Waals surface area contributed by atoms with Crippen molar-refractivity contribution in [3.8, 4) is 5.75 Å². The van der Waals surface area contributed by atoms with Crippen molar-refractivity contribution in [1.82, 2.24) is 19.8 Å². The molecule has 0 radical (unpaired) electrons. The molecule has 1 fully saturated rings. The van der Waals surface area contributed by atoms with E-state index in [-0.39, 0.29) is 11.8 Å². The lowest BCUT2D eigenvalue weighted by Crippen LogP contribution is -2.47. The van der Waals surface area contributed by atoms with Gasteiger partial charge < -0.3 is 14.6 Å². The van der Waals surface area contributed by atoms with Gasteiger partial charge in [-0.05, 0) is 37.1 Å². The first-order chi connectivity index (χ1) is 14.0.